The van der Waals surface area contributed by atoms with Crippen LogP contribution in [0.3, 0.4) is 0 Å². The highest BCUT2D eigenvalue weighted by atomic mass is 16.5. The molecule has 0 bridgehead atoms. The highest BCUT2D eigenvalue weighted by molar-refractivity contribution is 5.85. The summed E-state index contributed by atoms with van der Waals surface area (Å²) >= 11 is 0. The molecule has 0 unspecified atom stereocenters. The van der Waals surface area contributed by atoms with Crippen molar-refractivity contribution in [2.45, 2.75) is 72.6 Å². The minimum absolute atomic E-state index is 0.0683. The van der Waals surface area contributed by atoms with Gasteiger partial charge in [-0.1, -0.05) is 31.2 Å². The van der Waals surface area contributed by atoms with Crippen molar-refractivity contribution >= 4 is 10.9 Å². The van der Waals surface area contributed by atoms with Gasteiger partial charge in [0.25, 0.3) is 5.56 Å². The van der Waals surface area contributed by atoms with Gasteiger partial charge < -0.3 is 9.72 Å². The maximum Gasteiger partial charge on any atom is 0.252 e. The van der Waals surface area contributed by atoms with Crippen LogP contribution in [0.4, 0.5) is 0 Å². The Hall–Kier alpha value is -3.52. The zero-order valence-electron chi connectivity index (χ0n) is 22.3. The predicted octanol–water partition coefficient (Wildman–Crippen LogP) is 5.05. The molecule has 2 aromatic carbocycles. The van der Waals surface area contributed by atoms with Crippen molar-refractivity contribution in [1.82, 2.24) is 30.1 Å². The molecule has 0 saturated heterocycles. The third-order valence-electron chi connectivity index (χ3n) is 6.69. The maximum absolute atomic E-state index is 13.2. The molecule has 0 saturated carbocycles. The van der Waals surface area contributed by atoms with Crippen LogP contribution in [0.15, 0.2) is 47.3 Å². The Morgan fingerprint density at radius 2 is 1.75 bits per heavy atom. The second kappa shape index (κ2) is 10.2. The molecule has 0 aliphatic heterocycles. The second-order valence-electron chi connectivity index (χ2n) is 10.4. The molecule has 8 heteroatoms. The zero-order chi connectivity index (χ0) is 26.0. The molecule has 4 rings (SSSR count). The molecule has 0 fully saturated rings. The van der Waals surface area contributed by atoms with E-state index in [1.165, 1.54) is 0 Å². The zero-order valence-corrected chi connectivity index (χ0v) is 22.3. The Bertz CT molecular complexity index is 1400. The molecule has 2 heterocycles. The summed E-state index contributed by atoms with van der Waals surface area (Å²) in [4.78, 5) is 18.7. The van der Waals surface area contributed by atoms with Crippen molar-refractivity contribution in [2.24, 2.45) is 0 Å². The van der Waals surface area contributed by atoms with E-state index in [9.17, 15) is 4.79 Å². The Labute approximate surface area is 212 Å². The quantitative estimate of drug-likeness (QED) is 0.373. The number of aromatic nitrogens is 5. The molecule has 0 radical (unpaired) electrons. The van der Waals surface area contributed by atoms with E-state index >= 15 is 0 Å². The van der Waals surface area contributed by atoms with Gasteiger partial charge in [0.05, 0.1) is 24.2 Å². The van der Waals surface area contributed by atoms with Crippen LogP contribution in [0.25, 0.3) is 10.9 Å². The molecule has 0 amide bonds. The SMILES string of the molecule is CC[C@@H](c1nnnn1C(C)(C)C)N(Cc1ccc(OC)cc1)Cc1cc2c(C)ccc(C)c2[nH]c1=O. The fourth-order valence-electron chi connectivity index (χ4n) is 4.68. The molecule has 1 atom stereocenters. The van der Waals surface area contributed by atoms with Gasteiger partial charge in [-0.25, -0.2) is 4.68 Å². The summed E-state index contributed by atoms with van der Waals surface area (Å²) in [5.41, 5.74) is 4.60. The van der Waals surface area contributed by atoms with E-state index in [0.29, 0.717) is 13.1 Å². The highest BCUT2D eigenvalue weighted by Crippen LogP contribution is 2.30. The number of nitrogens with zero attached hydrogens (tertiary/aromatic N) is 5. The molecule has 0 aliphatic carbocycles. The van der Waals surface area contributed by atoms with Crippen LogP contribution in [0.5, 0.6) is 5.75 Å². The van der Waals surface area contributed by atoms with Gasteiger partial charge in [-0.15, -0.1) is 5.10 Å². The topological polar surface area (TPSA) is 88.9 Å². The van der Waals surface area contributed by atoms with Crippen LogP contribution in [0.2, 0.25) is 0 Å². The van der Waals surface area contributed by atoms with Crippen LogP contribution in [0, 0.1) is 13.8 Å². The fraction of sp³-hybridized carbons (Fsp3) is 0.429. The van der Waals surface area contributed by atoms with Gasteiger partial charge in [0.15, 0.2) is 5.82 Å². The lowest BCUT2D eigenvalue weighted by atomic mass is 10.0. The van der Waals surface area contributed by atoms with Crippen molar-refractivity contribution in [2.75, 3.05) is 7.11 Å². The van der Waals surface area contributed by atoms with Gasteiger partial charge in [0.2, 0.25) is 0 Å². The lowest BCUT2D eigenvalue weighted by Gasteiger charge is -2.32. The lowest BCUT2D eigenvalue weighted by molar-refractivity contribution is 0.153. The number of hydrogen-bond acceptors (Lipinski definition) is 6. The molecule has 2 aromatic heterocycles. The van der Waals surface area contributed by atoms with Crippen molar-refractivity contribution < 1.29 is 4.74 Å². The number of aromatic amines is 1. The van der Waals surface area contributed by atoms with E-state index in [2.05, 4.69) is 78.2 Å². The van der Waals surface area contributed by atoms with Gasteiger partial charge in [0, 0.05) is 24.0 Å². The average molecular weight is 489 g/mol. The van der Waals surface area contributed by atoms with E-state index in [4.69, 9.17) is 4.74 Å². The van der Waals surface area contributed by atoms with Crippen molar-refractivity contribution in [3.8, 4) is 5.75 Å². The highest BCUT2D eigenvalue weighted by Gasteiger charge is 2.29. The molecule has 4 aromatic rings. The Balaban J connectivity index is 1.79. The molecule has 0 spiro atoms. The first-order valence-electron chi connectivity index (χ1n) is 12.4. The Kier molecular flexibility index (Phi) is 7.26. The molecule has 1 N–H and O–H groups in total. The summed E-state index contributed by atoms with van der Waals surface area (Å²) in [6, 6.07) is 14.1. The molecule has 190 valence electrons. The second-order valence-corrected chi connectivity index (χ2v) is 10.4. The molecule has 0 aliphatic rings. The van der Waals surface area contributed by atoms with E-state index < -0.39 is 0 Å². The van der Waals surface area contributed by atoms with Crippen LogP contribution >= 0.6 is 0 Å². The van der Waals surface area contributed by atoms with E-state index in [0.717, 1.165) is 51.2 Å². The minimum atomic E-state index is -0.271. The van der Waals surface area contributed by atoms with Crippen molar-refractivity contribution in [1.29, 1.82) is 0 Å². The molecular formula is C28H36N6O2. The van der Waals surface area contributed by atoms with Gasteiger partial charge in [0.1, 0.15) is 5.75 Å². The summed E-state index contributed by atoms with van der Waals surface area (Å²) < 4.78 is 7.23. The van der Waals surface area contributed by atoms with E-state index in [1.54, 1.807) is 7.11 Å². The largest absolute Gasteiger partial charge is 0.497 e. The van der Waals surface area contributed by atoms with Crippen molar-refractivity contribution in [3.63, 3.8) is 0 Å². The normalized spacial score (nSPS) is 12.9. The maximum atomic E-state index is 13.2. The number of aryl methyl sites for hydroxylation is 2. The smallest absolute Gasteiger partial charge is 0.252 e. The van der Waals surface area contributed by atoms with Gasteiger partial charge in [-0.05, 0) is 86.4 Å². The summed E-state index contributed by atoms with van der Waals surface area (Å²) in [6.45, 7) is 13.6. The average Bonchev–Trinajstić information content (AvgIpc) is 3.34. The number of tetrazole rings is 1. The van der Waals surface area contributed by atoms with Crippen LogP contribution in [-0.4, -0.2) is 37.2 Å². The van der Waals surface area contributed by atoms with Gasteiger partial charge >= 0.3 is 0 Å². The molecule has 8 nitrogen and oxygen atoms in total. The lowest BCUT2D eigenvalue weighted by Crippen LogP contribution is -2.35. The summed E-state index contributed by atoms with van der Waals surface area (Å²) in [5.74, 6) is 1.61. The van der Waals surface area contributed by atoms with Crippen molar-refractivity contribution in [3.05, 3.63) is 80.9 Å². The number of nitrogens with one attached hydrogen (secondary N) is 1. The Morgan fingerprint density at radius 1 is 1.06 bits per heavy atom. The first-order valence-corrected chi connectivity index (χ1v) is 12.4. The Morgan fingerprint density at radius 3 is 2.39 bits per heavy atom. The molecule has 36 heavy (non-hydrogen) atoms. The summed E-state index contributed by atoms with van der Waals surface area (Å²) in [7, 11) is 1.66. The van der Waals surface area contributed by atoms with Crippen LogP contribution < -0.4 is 10.3 Å². The third-order valence-corrected chi connectivity index (χ3v) is 6.69. The number of methoxy groups -OCH3 is 1. The van der Waals surface area contributed by atoms with Crippen LogP contribution in [0.1, 0.15) is 68.2 Å². The number of fused-ring (bicyclic) bond motifs is 1. The fourth-order valence-corrected chi connectivity index (χ4v) is 4.68. The summed E-state index contributed by atoms with van der Waals surface area (Å²) in [5, 5.41) is 13.8. The van der Waals surface area contributed by atoms with Crippen LogP contribution in [-0.2, 0) is 18.6 Å². The number of benzene rings is 2. The van der Waals surface area contributed by atoms with E-state index in [1.807, 2.05) is 35.9 Å². The number of rotatable bonds is 8. The summed E-state index contributed by atoms with van der Waals surface area (Å²) in [6.07, 6.45) is 0.788. The number of hydrogen-bond donors (Lipinski definition) is 1. The van der Waals surface area contributed by atoms with Gasteiger partial charge in [-0.2, -0.15) is 0 Å². The predicted molar refractivity (Wildman–Crippen MR) is 142 cm³/mol. The first-order chi connectivity index (χ1) is 17.1. The number of ether oxygens (including phenoxy) is 1. The standard InChI is InChI=1S/C28H36N6O2/c1-8-24(26-30-31-32-34(26)28(4,5)6)33(16-20-11-13-22(36-7)14-12-20)17-21-15-23-18(2)9-10-19(3)25(23)29-27(21)35/h9-15,24H,8,16-17H2,1-7H3,(H,29,35)/t24-/m0/s1. The number of pyridine rings is 1. The third kappa shape index (κ3) is 5.18. The molecular weight excluding hydrogens is 452 g/mol. The monoisotopic (exact) mass is 488 g/mol. The van der Waals surface area contributed by atoms with E-state index in [-0.39, 0.29) is 17.1 Å². The van der Waals surface area contributed by atoms with Gasteiger partial charge in [-0.3, -0.25) is 9.69 Å². The number of H-pyrrole nitrogens is 1. The minimum Gasteiger partial charge on any atom is -0.497 e. The first kappa shape index (κ1) is 25.6.